The molecule has 0 radical (unpaired) electrons. The standard InChI is InChI=1S/C85H104O18/c1-11-68-54(7)72(100-78(90)58-31-21-14-22-32-58)74(101-79(91)59-33-23-15-24-34-59)81(97-68)94-47-49(2)37-40-66(86)53(6)70-67(87)46-65-63-39-38-61-45-62(41-43-84(61,9)64(63)42-44-85(65,70)10)96-82-73(51(4)50(3)69(98-82)48-93-76(88)56-27-17-12-18-28-56)103-83-75(102-80(92)60-35-25-16-26-36-60)71(52(5)55(8)95-83)99-77(89)57-29-19-13-20-30-57/h12-36,49-55,61-65,68-75,81-83H,11,37-48H2,1-10H3/t49-,50+,51-,52-,53+,54-,55?,61?,62?,63?,64?,65?,68?,69?,70?,71?,72-,73?,74?,75-,81+,82+,83-,84?,85?/m0/s1. The first-order chi connectivity index (χ1) is 49.5. The van der Waals surface area contributed by atoms with Crippen LogP contribution in [0.3, 0.4) is 0 Å². The van der Waals surface area contributed by atoms with E-state index >= 15 is 0 Å². The van der Waals surface area contributed by atoms with Crippen molar-refractivity contribution >= 4 is 41.4 Å². The Morgan fingerprint density at radius 2 is 0.971 bits per heavy atom. The second-order valence-electron chi connectivity index (χ2n) is 31.3. The van der Waals surface area contributed by atoms with E-state index in [1.807, 2.05) is 78.8 Å². The van der Waals surface area contributed by atoms with Crippen molar-refractivity contribution in [1.29, 1.82) is 0 Å². The Kier molecular flexibility index (Phi) is 24.0. The Balaban J connectivity index is 0.705. The quantitative estimate of drug-likeness (QED) is 0.0318. The van der Waals surface area contributed by atoms with Gasteiger partial charge in [0, 0.05) is 36.5 Å². The summed E-state index contributed by atoms with van der Waals surface area (Å²) in [6.07, 6.45) is -2.04. The molecule has 14 unspecified atom stereocenters. The minimum Gasteiger partial charge on any atom is -0.459 e. The van der Waals surface area contributed by atoms with Gasteiger partial charge in [0.25, 0.3) is 0 Å². The molecule has 0 spiro atoms. The number of fused-ring (bicyclic) bond motifs is 5. The van der Waals surface area contributed by atoms with Crippen LogP contribution in [-0.4, -0.2) is 128 Å². The van der Waals surface area contributed by atoms with Crippen LogP contribution in [0.25, 0.3) is 0 Å². The molecule has 18 heteroatoms. The van der Waals surface area contributed by atoms with E-state index in [-0.39, 0.29) is 89.7 Å². The van der Waals surface area contributed by atoms with E-state index in [0.29, 0.717) is 64.8 Å². The van der Waals surface area contributed by atoms with E-state index in [4.69, 9.17) is 52.1 Å². The molecule has 7 fully saturated rings. The van der Waals surface area contributed by atoms with Gasteiger partial charge in [-0.05, 0) is 178 Å². The van der Waals surface area contributed by atoms with Gasteiger partial charge >= 0.3 is 29.8 Å². The SMILES string of the molecule is CCC1O[C@@H](OC[C@@H](C)CCC(=O)[C@@H](C)C2C(=O)CC3C4CCC5CC(O[C@@H]6OC(COC(=O)c7ccccc7)[C@H](C)[C@H](C)C6O[C@@H]6OC(C)[C@H](C)C(OC(=O)c7ccccc7)[C@@H]6OC(=O)c6ccccc6)CCC5(C)C4CCC32C)C(OC(=O)c2ccccc2)[C@@H](OC(=O)c2ccccc2)[C@H]1C. The molecule has 3 aliphatic heterocycles. The van der Waals surface area contributed by atoms with Gasteiger partial charge in [0.05, 0.1) is 58.8 Å². The molecular formula is C85H104O18. The van der Waals surface area contributed by atoms with Crippen LogP contribution >= 0.6 is 0 Å². The smallest absolute Gasteiger partial charge is 0.338 e. The first-order valence-electron chi connectivity index (χ1n) is 37.8. The highest BCUT2D eigenvalue weighted by molar-refractivity contribution is 5.93. The normalized spacial score (nSPS) is 35.3. The summed E-state index contributed by atoms with van der Waals surface area (Å²) in [5, 5.41) is 0. The monoisotopic (exact) mass is 1410 g/mol. The summed E-state index contributed by atoms with van der Waals surface area (Å²) in [7, 11) is 0. The lowest BCUT2D eigenvalue weighted by Crippen LogP contribution is -2.61. The third-order valence-electron chi connectivity index (χ3n) is 25.1. The maximum absolute atomic E-state index is 14.7. The van der Waals surface area contributed by atoms with E-state index in [1.165, 1.54) is 0 Å². The predicted octanol–water partition coefficient (Wildman–Crippen LogP) is 15.1. The van der Waals surface area contributed by atoms with Gasteiger partial charge < -0.3 is 52.1 Å². The van der Waals surface area contributed by atoms with Gasteiger partial charge in [0.1, 0.15) is 36.5 Å². The van der Waals surface area contributed by atoms with Crippen molar-refractivity contribution in [3.8, 4) is 0 Å². The van der Waals surface area contributed by atoms with Crippen molar-refractivity contribution in [3.63, 3.8) is 0 Å². The first kappa shape index (κ1) is 75.2. The van der Waals surface area contributed by atoms with E-state index < -0.39 is 103 Å². The van der Waals surface area contributed by atoms with Gasteiger partial charge in [0.2, 0.25) is 0 Å². The number of carbonyl (C=O) groups is 7. The highest BCUT2D eigenvalue weighted by Crippen LogP contribution is 2.68. The van der Waals surface area contributed by atoms with Crippen LogP contribution in [0.2, 0.25) is 0 Å². The molecule has 7 aliphatic rings. The molecule has 18 nitrogen and oxygen atoms in total. The van der Waals surface area contributed by atoms with Gasteiger partial charge in [-0.25, -0.2) is 24.0 Å². The predicted molar refractivity (Wildman–Crippen MR) is 382 cm³/mol. The molecule has 4 aliphatic carbocycles. The number of hydrogen-bond acceptors (Lipinski definition) is 18. The maximum atomic E-state index is 14.7. The van der Waals surface area contributed by atoms with E-state index in [0.717, 1.165) is 44.9 Å². The molecule has 103 heavy (non-hydrogen) atoms. The van der Waals surface area contributed by atoms with Crippen molar-refractivity contribution in [2.75, 3.05) is 13.2 Å². The van der Waals surface area contributed by atoms with Gasteiger partial charge in [-0.3, -0.25) is 9.59 Å². The lowest BCUT2D eigenvalue weighted by atomic mass is 9.44. The average molecular weight is 1410 g/mol. The second-order valence-corrected chi connectivity index (χ2v) is 31.3. The molecule has 3 saturated heterocycles. The van der Waals surface area contributed by atoms with E-state index in [1.54, 1.807) is 121 Å². The Bertz CT molecular complexity index is 3710. The van der Waals surface area contributed by atoms with Gasteiger partial charge in [-0.15, -0.1) is 0 Å². The summed E-state index contributed by atoms with van der Waals surface area (Å²) < 4.78 is 72.3. The lowest BCUT2D eigenvalue weighted by molar-refractivity contribution is -0.355. The van der Waals surface area contributed by atoms with Gasteiger partial charge in [-0.2, -0.15) is 0 Å². The molecule has 25 atom stereocenters. The zero-order valence-electron chi connectivity index (χ0n) is 61.3. The van der Waals surface area contributed by atoms with Crippen LogP contribution in [-0.2, 0) is 61.7 Å². The molecule has 0 aromatic heterocycles. The molecule has 552 valence electrons. The Hall–Kier alpha value is -7.45. The minimum absolute atomic E-state index is 0.0372. The number of benzene rings is 5. The van der Waals surface area contributed by atoms with Crippen LogP contribution in [0.5, 0.6) is 0 Å². The summed E-state index contributed by atoms with van der Waals surface area (Å²) in [5.41, 5.74) is 1.40. The lowest BCUT2D eigenvalue weighted by Gasteiger charge is -2.61. The van der Waals surface area contributed by atoms with Crippen molar-refractivity contribution in [3.05, 3.63) is 179 Å². The molecule has 3 heterocycles. The molecule has 0 amide bonds. The molecule has 5 aromatic carbocycles. The number of carbonyl (C=O) groups excluding carboxylic acids is 7. The van der Waals surface area contributed by atoms with Crippen LogP contribution < -0.4 is 0 Å². The number of Topliss-reactive ketones (excluding diaryl/α,β-unsaturated/α-hetero) is 2. The first-order valence-corrected chi connectivity index (χ1v) is 37.8. The number of rotatable bonds is 24. The fourth-order valence-electron chi connectivity index (χ4n) is 18.6. The molecule has 0 N–H and O–H groups in total. The summed E-state index contributed by atoms with van der Waals surface area (Å²) in [6, 6.07) is 43.5. The molecule has 4 saturated carbocycles. The van der Waals surface area contributed by atoms with Crippen LogP contribution in [0, 0.1) is 75.9 Å². The van der Waals surface area contributed by atoms with Gasteiger partial charge in [-0.1, -0.05) is 153 Å². The van der Waals surface area contributed by atoms with Crippen molar-refractivity contribution in [1.82, 2.24) is 0 Å². The second kappa shape index (κ2) is 32.9. The summed E-state index contributed by atoms with van der Waals surface area (Å²) in [4.78, 5) is 98.1. The third kappa shape index (κ3) is 16.4. The number of ketones is 2. The van der Waals surface area contributed by atoms with Crippen molar-refractivity contribution in [2.24, 2.45) is 75.9 Å². The third-order valence-corrected chi connectivity index (χ3v) is 25.1. The van der Waals surface area contributed by atoms with Crippen molar-refractivity contribution < 1.29 is 85.7 Å². The average Bonchev–Trinajstić information content (AvgIpc) is 1.63. The van der Waals surface area contributed by atoms with E-state index in [2.05, 4.69) is 20.8 Å². The topological polar surface area (TPSA) is 221 Å². The largest absolute Gasteiger partial charge is 0.459 e. The van der Waals surface area contributed by atoms with Crippen LogP contribution in [0.4, 0.5) is 0 Å². The Morgan fingerprint density at radius 3 is 1.50 bits per heavy atom. The number of esters is 5. The zero-order chi connectivity index (χ0) is 72.9. The van der Waals surface area contributed by atoms with Crippen LogP contribution in [0.15, 0.2) is 152 Å². The molecule has 0 bridgehead atoms. The molecule has 5 aromatic rings. The Labute approximate surface area is 606 Å². The van der Waals surface area contributed by atoms with Crippen LogP contribution in [0.1, 0.15) is 192 Å². The number of hydrogen-bond donors (Lipinski definition) is 0. The Morgan fingerprint density at radius 1 is 0.495 bits per heavy atom. The summed E-state index contributed by atoms with van der Waals surface area (Å²) in [6.45, 7) is 20.6. The minimum atomic E-state index is -1.23. The van der Waals surface area contributed by atoms with E-state index in [9.17, 15) is 33.6 Å². The highest BCUT2D eigenvalue weighted by atomic mass is 16.8. The zero-order valence-corrected chi connectivity index (χ0v) is 61.3. The number of ether oxygens (including phenoxy) is 11. The summed E-state index contributed by atoms with van der Waals surface area (Å²) in [5.74, 6) is -3.72. The fourth-order valence-corrected chi connectivity index (χ4v) is 18.6. The molecular weight excluding hydrogens is 1310 g/mol. The highest BCUT2D eigenvalue weighted by Gasteiger charge is 2.64. The van der Waals surface area contributed by atoms with Gasteiger partial charge in [0.15, 0.2) is 31.1 Å². The summed E-state index contributed by atoms with van der Waals surface area (Å²) >= 11 is 0. The van der Waals surface area contributed by atoms with Crippen molar-refractivity contribution in [2.45, 2.75) is 214 Å². The molecule has 12 rings (SSSR count). The fraction of sp³-hybridized carbons (Fsp3) is 0.565. The maximum Gasteiger partial charge on any atom is 0.338 e.